The molecule has 1 aromatic carbocycles. The first-order chi connectivity index (χ1) is 16.1. The number of aliphatic hydroxyl groups excluding tert-OH is 1. The first kappa shape index (κ1) is 20.9. The highest BCUT2D eigenvalue weighted by Crippen LogP contribution is 2.45. The van der Waals surface area contributed by atoms with Crippen LogP contribution in [0.4, 0.5) is 5.00 Å². The van der Waals surface area contributed by atoms with Crippen molar-refractivity contribution in [1.29, 1.82) is 0 Å². The Morgan fingerprint density at radius 2 is 2.06 bits per heavy atom. The van der Waals surface area contributed by atoms with Crippen LogP contribution in [0.15, 0.2) is 35.6 Å². The van der Waals surface area contributed by atoms with E-state index in [-0.39, 0.29) is 24.1 Å². The van der Waals surface area contributed by atoms with Crippen molar-refractivity contribution in [1.82, 2.24) is 19.5 Å². The quantitative estimate of drug-likeness (QED) is 0.458. The number of aliphatic hydroxyl groups is 1. The Morgan fingerprint density at radius 3 is 2.85 bits per heavy atom. The number of fused-ring (bicyclic) bond motifs is 2. The van der Waals surface area contributed by atoms with Crippen molar-refractivity contribution >= 4 is 38.3 Å². The summed E-state index contributed by atoms with van der Waals surface area (Å²) in [5.41, 5.74) is 3.84. The van der Waals surface area contributed by atoms with Crippen LogP contribution in [0.3, 0.4) is 0 Å². The molecule has 0 unspecified atom stereocenters. The average molecular weight is 464 g/mol. The van der Waals surface area contributed by atoms with Crippen LogP contribution in [0, 0.1) is 5.92 Å². The minimum atomic E-state index is -0.111. The summed E-state index contributed by atoms with van der Waals surface area (Å²) in [6.45, 7) is 3.09. The van der Waals surface area contributed by atoms with Crippen LogP contribution in [0.25, 0.3) is 32.4 Å². The number of nitrogens with one attached hydrogen (secondary N) is 1. The van der Waals surface area contributed by atoms with E-state index in [2.05, 4.69) is 44.6 Å². The Hall–Kier alpha value is -2.71. The van der Waals surface area contributed by atoms with Gasteiger partial charge in [-0.25, -0.2) is 9.97 Å². The van der Waals surface area contributed by atoms with Gasteiger partial charge in [-0.05, 0) is 43.9 Å². The molecule has 1 aliphatic heterocycles. The smallest absolute Gasteiger partial charge is 0.261 e. The lowest BCUT2D eigenvalue weighted by atomic mass is 9.95. The molecule has 8 heteroatoms. The largest absolute Gasteiger partial charge is 0.396 e. The van der Waals surface area contributed by atoms with Crippen LogP contribution in [0.2, 0.25) is 0 Å². The normalized spacial score (nSPS) is 22.1. The van der Waals surface area contributed by atoms with Crippen molar-refractivity contribution in [2.24, 2.45) is 5.92 Å². The number of anilines is 1. The van der Waals surface area contributed by atoms with Gasteiger partial charge in [-0.15, -0.1) is 11.3 Å². The Kier molecular flexibility index (Phi) is 5.22. The molecule has 6 rings (SSSR count). The van der Waals surface area contributed by atoms with E-state index >= 15 is 0 Å². The summed E-state index contributed by atoms with van der Waals surface area (Å²) >= 11 is 1.62. The molecule has 2 aliphatic rings. The average Bonchev–Trinajstić information content (AvgIpc) is 3.54. The maximum atomic E-state index is 12.9. The molecule has 2 N–H and O–H groups in total. The topological polar surface area (TPSA) is 87.0 Å². The number of hydrogen-bond acceptors (Lipinski definition) is 6. The highest BCUT2D eigenvalue weighted by atomic mass is 32.1. The van der Waals surface area contributed by atoms with Gasteiger partial charge in [0.2, 0.25) is 0 Å². The van der Waals surface area contributed by atoms with Gasteiger partial charge in [-0.2, -0.15) is 0 Å². The fourth-order valence-corrected chi connectivity index (χ4v) is 7.10. The first-order valence-electron chi connectivity index (χ1n) is 12.0. The van der Waals surface area contributed by atoms with Crippen molar-refractivity contribution in [2.45, 2.75) is 57.5 Å². The number of H-pyrrole nitrogens is 1. The molecule has 1 saturated heterocycles. The molecule has 4 aromatic rings. The summed E-state index contributed by atoms with van der Waals surface area (Å²) in [6.07, 6.45) is 10.8. The zero-order valence-corrected chi connectivity index (χ0v) is 19.6. The molecule has 4 heterocycles. The van der Waals surface area contributed by atoms with Crippen molar-refractivity contribution in [3.63, 3.8) is 0 Å². The molecule has 33 heavy (non-hydrogen) atoms. The molecular formula is C25H29N5O2S. The number of aromatic nitrogens is 4. The number of nitrogens with zero attached hydrogens (tertiary/aromatic N) is 4. The van der Waals surface area contributed by atoms with Gasteiger partial charge < -0.3 is 19.6 Å². The molecule has 0 radical (unpaired) electrons. The summed E-state index contributed by atoms with van der Waals surface area (Å²) in [7, 11) is 0. The summed E-state index contributed by atoms with van der Waals surface area (Å²) in [6, 6.07) is 7.26. The standard InChI is InChI=1S/C25H29N5O2S/c1-15-9-16(12-31)11-29(15)25-21-22(26-13-27-24(21)32)23(33-25)17-7-8-20-19(10-17)28-14-30(20)18-5-3-2-4-6-18/h7-8,10,13-16,18,31H,2-6,9,11-12H2,1H3,(H,26,27,32)/t15-,16+/m1/s1. The van der Waals surface area contributed by atoms with Gasteiger partial charge in [0.05, 0.1) is 34.1 Å². The summed E-state index contributed by atoms with van der Waals surface area (Å²) in [5, 5.41) is 11.3. The van der Waals surface area contributed by atoms with E-state index in [1.54, 1.807) is 11.3 Å². The second-order valence-corrected chi connectivity index (χ2v) is 10.6. The van der Waals surface area contributed by atoms with E-state index in [9.17, 15) is 9.90 Å². The third kappa shape index (κ3) is 3.47. The van der Waals surface area contributed by atoms with Gasteiger partial charge in [-0.1, -0.05) is 25.3 Å². The highest BCUT2D eigenvalue weighted by molar-refractivity contribution is 7.21. The van der Waals surface area contributed by atoms with E-state index in [0.717, 1.165) is 39.4 Å². The van der Waals surface area contributed by atoms with Crippen molar-refractivity contribution < 1.29 is 5.11 Å². The van der Waals surface area contributed by atoms with Gasteiger partial charge in [0, 0.05) is 31.2 Å². The molecule has 1 saturated carbocycles. The van der Waals surface area contributed by atoms with Gasteiger partial charge in [-0.3, -0.25) is 4.79 Å². The molecule has 2 fully saturated rings. The maximum absolute atomic E-state index is 12.9. The third-order valence-electron chi connectivity index (χ3n) is 7.47. The van der Waals surface area contributed by atoms with Gasteiger partial charge in [0.15, 0.2) is 0 Å². The summed E-state index contributed by atoms with van der Waals surface area (Å²) in [5.74, 6) is 0.233. The zero-order chi connectivity index (χ0) is 22.5. The second-order valence-electron chi connectivity index (χ2n) is 9.62. The van der Waals surface area contributed by atoms with E-state index < -0.39 is 0 Å². The predicted octanol–water partition coefficient (Wildman–Crippen LogP) is 4.71. The van der Waals surface area contributed by atoms with Gasteiger partial charge in [0.25, 0.3) is 5.56 Å². The maximum Gasteiger partial charge on any atom is 0.261 e. The number of aromatic amines is 1. The first-order valence-corrected chi connectivity index (χ1v) is 12.8. The fourth-order valence-electron chi connectivity index (χ4n) is 5.75. The monoisotopic (exact) mass is 463 g/mol. The minimum absolute atomic E-state index is 0.111. The van der Waals surface area contributed by atoms with Crippen molar-refractivity contribution in [2.75, 3.05) is 18.1 Å². The lowest BCUT2D eigenvalue weighted by Gasteiger charge is -2.23. The molecule has 1 aliphatic carbocycles. The Labute approximate surface area is 196 Å². The van der Waals surface area contributed by atoms with Crippen LogP contribution in [0.1, 0.15) is 51.5 Å². The minimum Gasteiger partial charge on any atom is -0.396 e. The van der Waals surface area contributed by atoms with Crippen LogP contribution in [-0.4, -0.2) is 43.8 Å². The van der Waals surface area contributed by atoms with Gasteiger partial charge >= 0.3 is 0 Å². The molecule has 172 valence electrons. The van der Waals surface area contributed by atoms with E-state index in [1.807, 2.05) is 6.33 Å². The van der Waals surface area contributed by atoms with Crippen molar-refractivity contribution in [3.8, 4) is 10.4 Å². The molecular weight excluding hydrogens is 434 g/mol. The van der Waals surface area contributed by atoms with Gasteiger partial charge in [0.1, 0.15) is 10.4 Å². The Bertz CT molecular complexity index is 1370. The molecule has 2 atom stereocenters. The van der Waals surface area contributed by atoms with Crippen LogP contribution < -0.4 is 10.5 Å². The van der Waals surface area contributed by atoms with Crippen LogP contribution in [-0.2, 0) is 0 Å². The predicted molar refractivity (Wildman–Crippen MR) is 133 cm³/mol. The molecule has 0 bridgehead atoms. The Morgan fingerprint density at radius 1 is 1.21 bits per heavy atom. The lowest BCUT2D eigenvalue weighted by molar-refractivity contribution is 0.237. The number of hydrogen-bond donors (Lipinski definition) is 2. The number of imidazole rings is 1. The molecule has 7 nitrogen and oxygen atoms in total. The number of benzene rings is 1. The molecule has 0 amide bonds. The second kappa shape index (κ2) is 8.25. The molecule has 0 spiro atoms. The van der Waals surface area contributed by atoms with E-state index in [4.69, 9.17) is 4.98 Å². The van der Waals surface area contributed by atoms with Crippen molar-refractivity contribution in [3.05, 3.63) is 41.2 Å². The molecule has 3 aromatic heterocycles. The summed E-state index contributed by atoms with van der Waals surface area (Å²) in [4.78, 5) is 28.2. The summed E-state index contributed by atoms with van der Waals surface area (Å²) < 4.78 is 2.35. The number of thiophene rings is 1. The Balaban J connectivity index is 1.45. The van der Waals surface area contributed by atoms with Crippen LogP contribution in [0.5, 0.6) is 0 Å². The number of rotatable bonds is 4. The van der Waals surface area contributed by atoms with E-state index in [1.165, 1.54) is 43.9 Å². The van der Waals surface area contributed by atoms with Crippen LogP contribution >= 0.6 is 11.3 Å². The third-order valence-corrected chi connectivity index (χ3v) is 8.73. The van der Waals surface area contributed by atoms with E-state index in [0.29, 0.717) is 11.4 Å². The lowest BCUT2D eigenvalue weighted by Crippen LogP contribution is -2.27. The highest BCUT2D eigenvalue weighted by Gasteiger charge is 2.32. The zero-order valence-electron chi connectivity index (χ0n) is 18.8. The fraction of sp³-hybridized carbons (Fsp3) is 0.480. The SMILES string of the molecule is C[C@@H]1C[C@H](CO)CN1c1sc(-c2ccc3c(c2)ncn3C2CCCCC2)c2nc[nH]c(=O)c12.